The van der Waals surface area contributed by atoms with Gasteiger partial charge in [0.1, 0.15) is 38.9 Å². The number of aromatic nitrogens is 2. The van der Waals surface area contributed by atoms with Gasteiger partial charge in [-0.15, -0.1) is 22.7 Å². The molecule has 0 bridgehead atoms. The molecule has 2 unspecified atom stereocenters. The van der Waals surface area contributed by atoms with Crippen molar-refractivity contribution in [2.24, 2.45) is 35.5 Å². The fraction of sp³-hybridized carbons (Fsp3) is 0.562. The third-order valence-electron chi connectivity index (χ3n) is 22.5. The Kier molecular flexibility index (Phi) is 41.5. The number of carbonyl (C=O) groups is 17. The van der Waals surface area contributed by atoms with Crippen molar-refractivity contribution in [3.63, 3.8) is 0 Å². The van der Waals surface area contributed by atoms with E-state index in [-0.39, 0.29) is 119 Å². The van der Waals surface area contributed by atoms with Crippen LogP contribution in [0.25, 0.3) is 0 Å². The summed E-state index contributed by atoms with van der Waals surface area (Å²) < 4.78 is 11.6. The summed E-state index contributed by atoms with van der Waals surface area (Å²) in [5.41, 5.74) is 0.0247. The molecule has 0 spiro atoms. The van der Waals surface area contributed by atoms with Crippen LogP contribution in [0.2, 0.25) is 0 Å². The van der Waals surface area contributed by atoms with E-state index in [0.717, 1.165) is 92.6 Å². The van der Waals surface area contributed by atoms with Gasteiger partial charge in [-0.05, 0) is 111 Å². The number of nitrogens with one attached hydrogen (secondary N) is 6. The number of carbonyl (C=O) groups excluding carboxylic acids is 15. The number of imide groups is 2. The molecule has 0 fully saturated rings. The molecule has 2 aliphatic rings. The average Bonchev–Trinajstić information content (AvgIpc) is 1.59. The van der Waals surface area contributed by atoms with E-state index in [1.165, 1.54) is 74.9 Å². The Bertz CT molecular complexity index is 4600. The molecule has 4 aromatic rings. The summed E-state index contributed by atoms with van der Waals surface area (Å²) in [5.74, 6) is -16.2. The molecule has 0 radical (unpaired) electrons. The zero-order valence-corrected chi connectivity index (χ0v) is 77.1. The molecule has 2 aromatic heterocycles. The summed E-state index contributed by atoms with van der Waals surface area (Å²) in [6.45, 7) is 19.0. The number of ether oxygens (including phenoxy) is 2. The van der Waals surface area contributed by atoms with Gasteiger partial charge in [0.05, 0.1) is 36.3 Å². The lowest BCUT2D eigenvalue weighted by Crippen LogP contribution is -2.54. The Morgan fingerprint density at radius 1 is 0.508 bits per heavy atom. The molecule has 2 aliphatic heterocycles. The van der Waals surface area contributed by atoms with E-state index in [4.69, 9.17) is 9.47 Å². The summed E-state index contributed by atoms with van der Waals surface area (Å²) in [7, 11) is 5.17. The lowest BCUT2D eigenvalue weighted by molar-refractivity contribution is -0.166. The van der Waals surface area contributed by atoms with Gasteiger partial charge in [-0.3, -0.25) is 101 Å². The third kappa shape index (κ3) is 32.2. The maximum absolute atomic E-state index is 14.7. The number of aliphatic carboxylic acids is 2. The van der Waals surface area contributed by atoms with Crippen LogP contribution in [0.1, 0.15) is 234 Å². The number of phenolic OH excluding ortho intramolecular Hbond substituents is 2. The molecule has 0 aliphatic carbocycles. The van der Waals surface area contributed by atoms with Crippen molar-refractivity contribution in [2.45, 2.75) is 235 Å². The highest BCUT2D eigenvalue weighted by Crippen LogP contribution is 2.35. The van der Waals surface area contributed by atoms with Crippen molar-refractivity contribution in [2.75, 3.05) is 64.5 Å². The largest absolute Gasteiger partial charge is 0.506 e. The third-order valence-corrected chi connectivity index (χ3v) is 24.4. The van der Waals surface area contributed by atoms with Gasteiger partial charge in [0.25, 0.3) is 35.4 Å². The topological polar surface area (TPSA) is 507 Å². The Labute approximate surface area is 753 Å². The number of carboxylic acid groups (broad SMARTS) is 2. The van der Waals surface area contributed by atoms with E-state index >= 15 is 0 Å². The number of esters is 2. The zero-order valence-electron chi connectivity index (χ0n) is 75.4. The summed E-state index contributed by atoms with van der Waals surface area (Å²) in [6.07, 6.45) is 3.05. The number of benzene rings is 2. The lowest BCUT2D eigenvalue weighted by atomic mass is 9.93. The zero-order chi connectivity index (χ0) is 95.1. The van der Waals surface area contributed by atoms with Gasteiger partial charge in [0.15, 0.2) is 12.2 Å². The van der Waals surface area contributed by atoms with Crippen LogP contribution >= 0.6 is 22.7 Å². The SMILES string of the molecule is CC[C@H](C)CC(=O)N(C)[C@H](C[C@@H](OC(C)=O)c1nc(C(=O)N[C@@H](Cc2ccc(O)c(NC(=O)CCN(C(=O)CCN3C(=O)C=CC3=O)N(CCC(=O)Nc3cc(C[C@@H](CC(C)C(=O)O)NC(=O)c4csc([C@@H](C[C@H](C(C)C)N(C)C(=O)[C@@H](NC(=O)CCCCCNC)[C@@H](C)CC)OC(C)=O)n4)ccc3O)C(=O)CCN3C(=O)C=CC3=O)c2)CC(C)C(=O)O)cs1)C(C)C. The summed E-state index contributed by atoms with van der Waals surface area (Å²) >= 11 is 2.05. The number of hydrogen-bond donors (Lipinski definition) is 10. The molecule has 37 nitrogen and oxygen atoms in total. The maximum Gasteiger partial charge on any atom is 0.306 e. The fourth-order valence-electron chi connectivity index (χ4n) is 14.6. The van der Waals surface area contributed by atoms with Crippen LogP contribution in [0.3, 0.4) is 0 Å². The number of hydrazine groups is 1. The number of anilines is 2. The highest BCUT2D eigenvalue weighted by Gasteiger charge is 2.39. The van der Waals surface area contributed by atoms with Crippen molar-refractivity contribution in [1.82, 2.24) is 60.9 Å². The van der Waals surface area contributed by atoms with Gasteiger partial charge in [-0.25, -0.2) is 9.97 Å². The summed E-state index contributed by atoms with van der Waals surface area (Å²) in [6, 6.07) is 4.26. The second-order valence-corrected chi connectivity index (χ2v) is 35.1. The van der Waals surface area contributed by atoms with E-state index in [0.29, 0.717) is 30.4 Å². The van der Waals surface area contributed by atoms with Crippen LogP contribution in [-0.4, -0.2) is 245 Å². The molecule has 4 heterocycles. The number of unbranched alkanes of at least 4 members (excludes halogenated alkanes) is 2. The molecule has 13 amide bonds. The molecular formula is C89H124N14O23S2. The first-order valence-corrected chi connectivity index (χ1v) is 44.9. The van der Waals surface area contributed by atoms with Gasteiger partial charge < -0.3 is 71.6 Å². The number of rotatable bonds is 53. The van der Waals surface area contributed by atoms with Crippen LogP contribution < -0.4 is 31.9 Å². The summed E-state index contributed by atoms with van der Waals surface area (Å²) in [5, 5.41) is 64.5. The standard InChI is InChI=1S/C89H124N14O23S2/c1-16-52(7)39-81(117)98(14)66(50(3)4)46-70(125-56(11)104)85-95-64(48-127-85)83(118)91-60(40-54(9)88(121)122)42-58-22-24-68(106)62(44-58)93-73(109)30-37-102(79(115)32-35-100-75(111)26-27-76(100)112)103(80(116)33-36-101-77(113)28-29-78(101)114)38-31-74(110)94-63-45-59(23-25-69(63)107)43-61(41-55(10)89(123)124)92-84(119)65-49-128-86(96-65)71(126-57(12)105)47-67(51(5)6)99(15)87(120)82(53(8)17-2)97-72(108)21-19-18-20-34-90-13/h22-29,44-45,48-55,60-61,66-67,70-71,82,90,106-107H,16-21,30-43,46-47H2,1-15H3,(H,91,118)(H,92,119)(H,93,109)(H,94,110)(H,97,108)(H,121,122)(H,123,124)/t52-,53-,54?,55?,60+,61+,66+,67+,70+,71+,82-/m0/s1. The number of carboxylic acids is 2. The second kappa shape index (κ2) is 50.6. The molecular weight excluding hydrogens is 1700 g/mol. The molecule has 11 atom stereocenters. The van der Waals surface area contributed by atoms with Crippen LogP contribution in [0, 0.1) is 35.5 Å². The summed E-state index contributed by atoms with van der Waals surface area (Å²) in [4.78, 5) is 243. The Hall–Kier alpha value is -11.9. The minimum Gasteiger partial charge on any atom is -0.506 e. The lowest BCUT2D eigenvalue weighted by Gasteiger charge is -2.37. The first-order chi connectivity index (χ1) is 60.4. The van der Waals surface area contributed by atoms with Crippen LogP contribution in [0.4, 0.5) is 11.4 Å². The van der Waals surface area contributed by atoms with E-state index in [1.54, 1.807) is 23.9 Å². The quantitative estimate of drug-likeness (QED) is 0.00654. The molecule has 2 aromatic carbocycles. The van der Waals surface area contributed by atoms with Crippen molar-refractivity contribution in [1.29, 1.82) is 0 Å². The number of nitrogens with zero attached hydrogens (tertiary/aromatic N) is 8. The molecule has 128 heavy (non-hydrogen) atoms. The molecule has 700 valence electrons. The number of thiazole rings is 2. The minimum absolute atomic E-state index is 0.0422. The highest BCUT2D eigenvalue weighted by molar-refractivity contribution is 7.10. The molecule has 39 heteroatoms. The van der Waals surface area contributed by atoms with Gasteiger partial charge in [-0.2, -0.15) is 0 Å². The predicted octanol–water partition coefficient (Wildman–Crippen LogP) is 8.18. The normalized spacial score (nSPS) is 15.1. The van der Waals surface area contributed by atoms with E-state index in [9.17, 15) is 102 Å². The van der Waals surface area contributed by atoms with Gasteiger partial charge in [0.2, 0.25) is 41.4 Å². The first kappa shape index (κ1) is 105. The second-order valence-electron chi connectivity index (χ2n) is 33.3. The predicted molar refractivity (Wildman–Crippen MR) is 473 cm³/mol. The number of hydrogen-bond acceptors (Lipinski definition) is 26. The van der Waals surface area contributed by atoms with Crippen LogP contribution in [-0.2, 0) is 94.2 Å². The van der Waals surface area contributed by atoms with Gasteiger partial charge >= 0.3 is 23.9 Å². The molecule has 0 saturated carbocycles. The van der Waals surface area contributed by atoms with Crippen molar-refractivity contribution in [3.05, 3.63) is 104 Å². The van der Waals surface area contributed by atoms with Crippen molar-refractivity contribution < 1.29 is 111 Å². The van der Waals surface area contributed by atoms with Gasteiger partial charge in [0, 0.05) is 152 Å². The smallest absolute Gasteiger partial charge is 0.306 e. The Morgan fingerprint density at radius 2 is 0.922 bits per heavy atom. The molecule has 6 rings (SSSR count). The van der Waals surface area contributed by atoms with Crippen molar-refractivity contribution in [3.8, 4) is 11.5 Å². The number of aromatic hydroxyl groups is 2. The number of amides is 13. The maximum atomic E-state index is 14.7. The fourth-order valence-corrected chi connectivity index (χ4v) is 16.3. The number of likely N-dealkylation sites (N-methyl/N-ethyl adjacent to an activating group) is 1. The Balaban J connectivity index is 1.23. The molecule has 0 saturated heterocycles. The first-order valence-electron chi connectivity index (χ1n) is 43.1. The van der Waals surface area contributed by atoms with E-state index in [2.05, 4.69) is 41.9 Å². The van der Waals surface area contributed by atoms with Gasteiger partial charge in [-0.1, -0.05) is 101 Å². The van der Waals surface area contributed by atoms with E-state index < -0.39 is 201 Å². The van der Waals surface area contributed by atoms with Crippen LogP contribution in [0.5, 0.6) is 11.5 Å². The minimum atomic E-state index is -1.20. The van der Waals surface area contributed by atoms with E-state index in [1.807, 2.05) is 62.4 Å². The molecule has 10 N–H and O–H groups in total. The monoisotopic (exact) mass is 1820 g/mol. The average molecular weight is 1820 g/mol. The highest BCUT2D eigenvalue weighted by atomic mass is 32.1. The van der Waals surface area contributed by atoms with Crippen molar-refractivity contribution >= 4 is 135 Å². The van der Waals surface area contributed by atoms with Crippen LogP contribution in [0.15, 0.2) is 71.5 Å². The number of phenols is 2. The Morgan fingerprint density at radius 3 is 1.30 bits per heavy atom.